The Morgan fingerprint density at radius 3 is 2.39 bits per heavy atom. The number of benzene rings is 1. The van der Waals surface area contributed by atoms with Crippen molar-refractivity contribution in [2.45, 2.75) is 29.5 Å². The van der Waals surface area contributed by atoms with Gasteiger partial charge in [0.2, 0.25) is 14.7 Å². The average Bonchev–Trinajstić information content (AvgIpc) is 2.50. The van der Waals surface area contributed by atoms with E-state index in [0.717, 1.165) is 12.7 Å². The second-order valence-corrected chi connectivity index (χ2v) is 7.35. The van der Waals surface area contributed by atoms with Gasteiger partial charge in [-0.15, -0.1) is 0 Å². The van der Waals surface area contributed by atoms with Crippen LogP contribution in [0.4, 0.5) is 0 Å². The highest BCUT2D eigenvalue weighted by atomic mass is 32.2. The Bertz CT molecular complexity index is 673. The number of nitrogens with two attached hydrogens (primary N) is 2. The molecule has 0 bridgehead atoms. The van der Waals surface area contributed by atoms with Gasteiger partial charge < -0.3 is 21.5 Å². The van der Waals surface area contributed by atoms with Crippen molar-refractivity contribution < 1.29 is 17.9 Å². The molecule has 0 fully saturated rings. The van der Waals surface area contributed by atoms with E-state index >= 15 is 0 Å². The van der Waals surface area contributed by atoms with Crippen LogP contribution >= 0.6 is 0 Å². The van der Waals surface area contributed by atoms with Crippen molar-refractivity contribution in [3.05, 3.63) is 29.8 Å². The number of hydrogen-bond donors (Lipinski definition) is 4. The van der Waals surface area contributed by atoms with Gasteiger partial charge in [0.25, 0.3) is 0 Å². The summed E-state index contributed by atoms with van der Waals surface area (Å²) in [6.45, 7) is 2.04. The molecule has 1 aromatic rings. The zero-order valence-electron chi connectivity index (χ0n) is 13.1. The SMILES string of the molecule is COC(=O)C(N)(CCCNC(=N)N)S(=O)(=O)c1ccc(C)cc1. The molecule has 0 aliphatic carbocycles. The minimum absolute atomic E-state index is 0.0458. The molecule has 0 aliphatic heterocycles. The van der Waals surface area contributed by atoms with E-state index in [0.29, 0.717) is 0 Å². The fourth-order valence-corrected chi connectivity index (χ4v) is 3.65. The van der Waals surface area contributed by atoms with E-state index in [2.05, 4.69) is 10.1 Å². The van der Waals surface area contributed by atoms with Crippen molar-refractivity contribution in [2.75, 3.05) is 13.7 Å². The summed E-state index contributed by atoms with van der Waals surface area (Å²) in [6.07, 6.45) is 0.0481. The van der Waals surface area contributed by atoms with Gasteiger partial charge in [-0.2, -0.15) is 0 Å². The number of ether oxygens (including phenoxy) is 1. The predicted octanol–water partition coefficient (Wildman–Crippen LogP) is -0.140. The maximum Gasteiger partial charge on any atom is 0.342 e. The van der Waals surface area contributed by atoms with Crippen molar-refractivity contribution >= 4 is 21.8 Å². The number of methoxy groups -OCH3 is 1. The smallest absolute Gasteiger partial charge is 0.342 e. The topological polar surface area (TPSA) is 148 Å². The van der Waals surface area contributed by atoms with Gasteiger partial charge in [0.15, 0.2) is 5.96 Å². The van der Waals surface area contributed by atoms with Crippen LogP contribution in [0, 0.1) is 12.3 Å². The van der Waals surface area contributed by atoms with Gasteiger partial charge >= 0.3 is 5.97 Å². The number of nitrogens with one attached hydrogen (secondary N) is 2. The summed E-state index contributed by atoms with van der Waals surface area (Å²) < 4.78 is 30.2. The third kappa shape index (κ3) is 4.20. The Morgan fingerprint density at radius 1 is 1.35 bits per heavy atom. The van der Waals surface area contributed by atoms with E-state index in [4.69, 9.17) is 16.9 Å². The monoisotopic (exact) mass is 342 g/mol. The molecule has 1 rings (SSSR count). The molecule has 0 saturated heterocycles. The number of hydrogen-bond acceptors (Lipinski definition) is 6. The molecule has 1 atom stereocenters. The first-order valence-electron chi connectivity index (χ1n) is 6.91. The van der Waals surface area contributed by atoms with Gasteiger partial charge in [0.1, 0.15) is 0 Å². The van der Waals surface area contributed by atoms with Crippen LogP contribution in [-0.4, -0.2) is 38.9 Å². The average molecular weight is 342 g/mol. The van der Waals surface area contributed by atoms with Crippen molar-refractivity contribution in [3.8, 4) is 0 Å². The lowest BCUT2D eigenvalue weighted by atomic mass is 10.1. The molecule has 6 N–H and O–H groups in total. The Labute approximate surface area is 135 Å². The van der Waals surface area contributed by atoms with Gasteiger partial charge in [-0.1, -0.05) is 17.7 Å². The maximum atomic E-state index is 12.8. The quantitative estimate of drug-likeness (QED) is 0.233. The highest BCUT2D eigenvalue weighted by Gasteiger charge is 2.48. The summed E-state index contributed by atoms with van der Waals surface area (Å²) in [6, 6.07) is 6.07. The molecule has 0 heterocycles. The first-order valence-corrected chi connectivity index (χ1v) is 8.40. The lowest BCUT2D eigenvalue weighted by molar-refractivity contribution is -0.143. The molecule has 0 aliphatic rings. The molecule has 0 spiro atoms. The fourth-order valence-electron chi connectivity index (χ4n) is 2.02. The van der Waals surface area contributed by atoms with Crippen LogP contribution in [0.25, 0.3) is 0 Å². The first kappa shape index (κ1) is 18.9. The molecule has 8 nitrogen and oxygen atoms in total. The van der Waals surface area contributed by atoms with E-state index in [1.807, 2.05) is 6.92 Å². The van der Waals surface area contributed by atoms with Gasteiger partial charge in [-0.25, -0.2) is 13.2 Å². The Hall–Kier alpha value is -2.13. The normalized spacial score (nSPS) is 13.9. The summed E-state index contributed by atoms with van der Waals surface area (Å²) in [4.78, 5) is 9.79. The van der Waals surface area contributed by atoms with E-state index in [9.17, 15) is 13.2 Å². The second-order valence-electron chi connectivity index (χ2n) is 5.14. The van der Waals surface area contributed by atoms with Crippen molar-refractivity contribution in [1.82, 2.24) is 5.32 Å². The second kappa shape index (κ2) is 7.42. The lowest BCUT2D eigenvalue weighted by Crippen LogP contribution is -2.55. The molecule has 0 saturated carbocycles. The minimum Gasteiger partial charge on any atom is -0.467 e. The minimum atomic E-state index is -4.14. The maximum absolute atomic E-state index is 12.8. The van der Waals surface area contributed by atoms with Crippen LogP contribution in [-0.2, 0) is 19.4 Å². The molecule has 128 valence electrons. The fraction of sp³-hybridized carbons (Fsp3) is 0.429. The van der Waals surface area contributed by atoms with Crippen LogP contribution in [0.3, 0.4) is 0 Å². The zero-order valence-corrected chi connectivity index (χ0v) is 13.9. The largest absolute Gasteiger partial charge is 0.467 e. The highest BCUT2D eigenvalue weighted by Crippen LogP contribution is 2.27. The van der Waals surface area contributed by atoms with Gasteiger partial charge in [0, 0.05) is 6.54 Å². The lowest BCUT2D eigenvalue weighted by Gasteiger charge is -2.26. The predicted molar refractivity (Wildman–Crippen MR) is 86.5 cm³/mol. The number of rotatable bonds is 7. The third-order valence-corrected chi connectivity index (χ3v) is 5.60. The van der Waals surface area contributed by atoms with E-state index in [1.54, 1.807) is 12.1 Å². The molecular weight excluding hydrogens is 320 g/mol. The van der Waals surface area contributed by atoms with E-state index < -0.39 is 20.7 Å². The number of sulfone groups is 1. The summed E-state index contributed by atoms with van der Waals surface area (Å²) in [5.74, 6) is -1.27. The molecule has 0 radical (unpaired) electrons. The van der Waals surface area contributed by atoms with E-state index in [1.165, 1.54) is 12.1 Å². The standard InChI is InChI=1S/C14H22N4O4S/c1-10-4-6-11(7-5-10)23(20,21)14(17,12(19)22-2)8-3-9-18-13(15)16/h4-7H,3,8-9,17H2,1-2H3,(H4,15,16,18). The van der Waals surface area contributed by atoms with Crippen molar-refractivity contribution in [1.29, 1.82) is 5.41 Å². The van der Waals surface area contributed by atoms with Gasteiger partial charge in [-0.3, -0.25) is 5.41 Å². The number of esters is 1. The van der Waals surface area contributed by atoms with Crippen LogP contribution < -0.4 is 16.8 Å². The van der Waals surface area contributed by atoms with Crippen LogP contribution in [0.2, 0.25) is 0 Å². The van der Waals surface area contributed by atoms with Crippen LogP contribution in [0.5, 0.6) is 0 Å². The first-order chi connectivity index (χ1) is 10.6. The molecule has 1 unspecified atom stereocenters. The summed E-state index contributed by atoms with van der Waals surface area (Å²) in [5.41, 5.74) is 12.0. The molecular formula is C14H22N4O4S. The summed E-state index contributed by atoms with van der Waals surface area (Å²) in [7, 11) is -3.05. The van der Waals surface area contributed by atoms with E-state index in [-0.39, 0.29) is 30.2 Å². The highest BCUT2D eigenvalue weighted by molar-refractivity contribution is 7.93. The molecule has 0 amide bonds. The molecule has 1 aromatic carbocycles. The van der Waals surface area contributed by atoms with Crippen LogP contribution in [0.1, 0.15) is 18.4 Å². The number of carbonyl (C=O) groups is 1. The van der Waals surface area contributed by atoms with Gasteiger partial charge in [0.05, 0.1) is 12.0 Å². The van der Waals surface area contributed by atoms with Crippen molar-refractivity contribution in [3.63, 3.8) is 0 Å². The van der Waals surface area contributed by atoms with Crippen molar-refractivity contribution in [2.24, 2.45) is 11.5 Å². The summed E-state index contributed by atoms with van der Waals surface area (Å²) in [5, 5.41) is 9.58. The van der Waals surface area contributed by atoms with Gasteiger partial charge in [-0.05, 0) is 31.9 Å². The molecule has 9 heteroatoms. The molecule has 23 heavy (non-hydrogen) atoms. The number of guanidine groups is 1. The zero-order chi connectivity index (χ0) is 17.7. The summed E-state index contributed by atoms with van der Waals surface area (Å²) >= 11 is 0. The van der Waals surface area contributed by atoms with Crippen LogP contribution in [0.15, 0.2) is 29.2 Å². The Morgan fingerprint density at radius 2 is 1.91 bits per heavy atom. The molecule has 0 aromatic heterocycles. The third-order valence-electron chi connectivity index (χ3n) is 3.38. The Balaban J connectivity index is 3.10. The number of carbonyl (C=O) groups excluding carboxylic acids is 1. The number of aryl methyl sites for hydroxylation is 1. The Kier molecular flexibility index (Phi) is 6.11.